The molecule has 5 rings (SSSR count). The number of likely N-dealkylation sites (N-methyl/N-ethyl adjacent to an activating group) is 1. The number of methoxy groups -OCH3 is 1. The maximum Gasteiger partial charge on any atom is 0.281 e. The highest BCUT2D eigenvalue weighted by molar-refractivity contribution is 7.80. The Labute approximate surface area is 226 Å². The second-order valence-electron chi connectivity index (χ2n) is 8.64. The van der Waals surface area contributed by atoms with Crippen LogP contribution in [0, 0.1) is 0 Å². The molecule has 0 aliphatic carbocycles. The minimum atomic E-state index is -0.170. The SMILES string of the molecule is COc1ccccc1OCCCn1cc(/C=C2/C(=O)N(c3ccc(Cl)cc3)C(=S)N2C)c2ccccc21. The fraction of sp³-hybridized carbons (Fsp3) is 0.172. The van der Waals surface area contributed by atoms with Gasteiger partial charge in [0.25, 0.3) is 5.91 Å². The third-order valence-electron chi connectivity index (χ3n) is 6.33. The van der Waals surface area contributed by atoms with Crippen molar-refractivity contribution in [2.24, 2.45) is 0 Å². The van der Waals surface area contributed by atoms with Crippen LogP contribution < -0.4 is 14.4 Å². The average Bonchev–Trinajstić information content (AvgIpc) is 3.37. The van der Waals surface area contributed by atoms with E-state index in [-0.39, 0.29) is 5.91 Å². The lowest BCUT2D eigenvalue weighted by Crippen LogP contribution is -2.31. The third-order valence-corrected chi connectivity index (χ3v) is 7.04. The first-order chi connectivity index (χ1) is 18.0. The number of fused-ring (bicyclic) bond motifs is 1. The number of nitrogens with zero attached hydrogens (tertiary/aromatic N) is 3. The first kappa shape index (κ1) is 24.9. The average molecular weight is 532 g/mol. The lowest BCUT2D eigenvalue weighted by molar-refractivity contribution is -0.114. The molecule has 188 valence electrons. The van der Waals surface area contributed by atoms with Crippen molar-refractivity contribution in [2.45, 2.75) is 13.0 Å². The molecule has 1 fully saturated rings. The Hall–Kier alpha value is -3.81. The predicted octanol–water partition coefficient (Wildman–Crippen LogP) is 6.38. The quantitative estimate of drug-likeness (QED) is 0.150. The standard InChI is InChI=1S/C29H26ClN3O3S/c1-31-25(28(34)33(29(31)37)22-14-12-21(30)13-15-22)18-20-19-32(24-9-4-3-8-23(20)24)16-7-17-36-27-11-6-5-10-26(27)35-2/h3-6,8-15,18-19H,7,16-17H2,1-2H3/b25-18-. The van der Waals surface area contributed by atoms with E-state index in [1.54, 1.807) is 36.3 Å². The number of benzene rings is 3. The minimum Gasteiger partial charge on any atom is -0.493 e. The number of ether oxygens (including phenoxy) is 2. The van der Waals surface area contributed by atoms with Gasteiger partial charge in [-0.3, -0.25) is 9.69 Å². The Morgan fingerprint density at radius 1 is 0.973 bits per heavy atom. The fourth-order valence-electron chi connectivity index (χ4n) is 4.45. The molecule has 0 saturated carbocycles. The van der Waals surface area contributed by atoms with Crippen LogP contribution in [-0.2, 0) is 11.3 Å². The largest absolute Gasteiger partial charge is 0.493 e. The highest BCUT2D eigenvalue weighted by Gasteiger charge is 2.37. The summed E-state index contributed by atoms with van der Waals surface area (Å²) in [6.07, 6.45) is 4.80. The molecule has 4 aromatic rings. The molecule has 0 unspecified atom stereocenters. The summed E-state index contributed by atoms with van der Waals surface area (Å²) in [4.78, 5) is 16.7. The number of aromatic nitrogens is 1. The van der Waals surface area contributed by atoms with Gasteiger partial charge in [-0.05, 0) is 67.2 Å². The number of thiocarbonyl (C=S) groups is 1. The molecular weight excluding hydrogens is 506 g/mol. The number of aryl methyl sites for hydroxylation is 1. The molecule has 1 amide bonds. The first-order valence-electron chi connectivity index (χ1n) is 11.9. The van der Waals surface area contributed by atoms with Crippen molar-refractivity contribution >= 4 is 57.5 Å². The van der Waals surface area contributed by atoms with E-state index in [1.807, 2.05) is 49.5 Å². The maximum atomic E-state index is 13.4. The molecule has 0 radical (unpaired) electrons. The van der Waals surface area contributed by atoms with Crippen LogP contribution in [0.1, 0.15) is 12.0 Å². The molecule has 1 aliphatic heterocycles. The van der Waals surface area contributed by atoms with Gasteiger partial charge in [-0.15, -0.1) is 0 Å². The monoisotopic (exact) mass is 531 g/mol. The van der Waals surface area contributed by atoms with Gasteiger partial charge in [0, 0.05) is 41.3 Å². The van der Waals surface area contributed by atoms with Gasteiger partial charge in [0.1, 0.15) is 5.70 Å². The second kappa shape index (κ2) is 10.7. The lowest BCUT2D eigenvalue weighted by Gasteiger charge is -2.16. The summed E-state index contributed by atoms with van der Waals surface area (Å²) in [5.74, 6) is 1.28. The van der Waals surface area contributed by atoms with Gasteiger partial charge in [-0.1, -0.05) is 41.9 Å². The molecule has 0 spiro atoms. The van der Waals surface area contributed by atoms with E-state index in [2.05, 4.69) is 22.9 Å². The van der Waals surface area contributed by atoms with Crippen molar-refractivity contribution in [3.63, 3.8) is 0 Å². The Balaban J connectivity index is 1.37. The van der Waals surface area contributed by atoms with Gasteiger partial charge < -0.3 is 18.9 Å². The zero-order valence-corrected chi connectivity index (χ0v) is 22.1. The molecule has 0 N–H and O–H groups in total. The smallest absolute Gasteiger partial charge is 0.281 e. The Morgan fingerprint density at radius 3 is 2.43 bits per heavy atom. The van der Waals surface area contributed by atoms with Crippen LogP contribution in [0.2, 0.25) is 5.02 Å². The fourth-order valence-corrected chi connectivity index (χ4v) is 4.86. The highest BCUT2D eigenvalue weighted by atomic mass is 35.5. The molecule has 1 aliphatic rings. The summed E-state index contributed by atoms with van der Waals surface area (Å²) in [5, 5.41) is 2.10. The number of para-hydroxylation sites is 3. The number of carbonyl (C=O) groups is 1. The molecule has 6 nitrogen and oxygen atoms in total. The van der Waals surface area contributed by atoms with Crippen LogP contribution in [0.15, 0.2) is 84.7 Å². The van der Waals surface area contributed by atoms with Crippen LogP contribution in [-0.4, -0.2) is 41.3 Å². The zero-order chi connectivity index (χ0) is 25.9. The number of carbonyl (C=O) groups excluding carboxylic acids is 1. The van der Waals surface area contributed by atoms with Crippen molar-refractivity contribution in [1.29, 1.82) is 0 Å². The van der Waals surface area contributed by atoms with Crippen molar-refractivity contribution < 1.29 is 14.3 Å². The van der Waals surface area contributed by atoms with Gasteiger partial charge in [-0.2, -0.15) is 0 Å². The molecule has 8 heteroatoms. The highest BCUT2D eigenvalue weighted by Crippen LogP contribution is 2.31. The van der Waals surface area contributed by atoms with Gasteiger partial charge in [-0.25, -0.2) is 0 Å². The lowest BCUT2D eigenvalue weighted by atomic mass is 10.1. The topological polar surface area (TPSA) is 46.9 Å². The summed E-state index contributed by atoms with van der Waals surface area (Å²) < 4.78 is 13.5. The van der Waals surface area contributed by atoms with Gasteiger partial charge >= 0.3 is 0 Å². The van der Waals surface area contributed by atoms with Crippen molar-refractivity contribution in [1.82, 2.24) is 9.47 Å². The van der Waals surface area contributed by atoms with Crippen molar-refractivity contribution in [3.05, 3.63) is 95.3 Å². The minimum absolute atomic E-state index is 0.170. The normalized spacial score (nSPS) is 14.7. The Bertz CT molecular complexity index is 1500. The summed E-state index contributed by atoms with van der Waals surface area (Å²) >= 11 is 11.6. The Kier molecular flexibility index (Phi) is 7.17. The van der Waals surface area contributed by atoms with Crippen LogP contribution in [0.3, 0.4) is 0 Å². The number of rotatable bonds is 8. The maximum absolute atomic E-state index is 13.4. The van der Waals surface area contributed by atoms with E-state index < -0.39 is 0 Å². The van der Waals surface area contributed by atoms with Gasteiger partial charge in [0.2, 0.25) is 0 Å². The van der Waals surface area contributed by atoms with E-state index in [0.29, 0.717) is 28.1 Å². The number of anilines is 1. The molecule has 0 atom stereocenters. The molecule has 1 saturated heterocycles. The van der Waals surface area contributed by atoms with E-state index in [4.69, 9.17) is 33.3 Å². The molecule has 37 heavy (non-hydrogen) atoms. The molecule has 0 bridgehead atoms. The molecule has 3 aromatic carbocycles. The number of hydrogen-bond donors (Lipinski definition) is 0. The second-order valence-corrected chi connectivity index (χ2v) is 9.44. The predicted molar refractivity (Wildman–Crippen MR) is 152 cm³/mol. The Morgan fingerprint density at radius 2 is 1.68 bits per heavy atom. The molecule has 1 aromatic heterocycles. The van der Waals surface area contributed by atoms with Crippen LogP contribution in [0.5, 0.6) is 11.5 Å². The summed E-state index contributed by atoms with van der Waals surface area (Å²) in [7, 11) is 3.45. The van der Waals surface area contributed by atoms with Crippen molar-refractivity contribution in [2.75, 3.05) is 25.7 Å². The van der Waals surface area contributed by atoms with E-state index in [1.165, 1.54) is 4.90 Å². The number of hydrogen-bond acceptors (Lipinski definition) is 4. The van der Waals surface area contributed by atoms with Crippen molar-refractivity contribution in [3.8, 4) is 11.5 Å². The first-order valence-corrected chi connectivity index (χ1v) is 12.7. The summed E-state index contributed by atoms with van der Waals surface area (Å²) in [6, 6.07) is 22.9. The zero-order valence-electron chi connectivity index (χ0n) is 20.6. The van der Waals surface area contributed by atoms with Crippen LogP contribution in [0.4, 0.5) is 5.69 Å². The summed E-state index contributed by atoms with van der Waals surface area (Å²) in [6.45, 7) is 1.31. The van der Waals surface area contributed by atoms with Gasteiger partial charge in [0.05, 0.1) is 19.4 Å². The molecule has 2 heterocycles. The van der Waals surface area contributed by atoms with Crippen LogP contribution >= 0.6 is 23.8 Å². The van der Waals surface area contributed by atoms with E-state index >= 15 is 0 Å². The molecular formula is C29H26ClN3O3S. The number of halogens is 1. The van der Waals surface area contributed by atoms with E-state index in [0.717, 1.165) is 40.9 Å². The van der Waals surface area contributed by atoms with Gasteiger partial charge in [0.15, 0.2) is 16.6 Å². The number of amides is 1. The van der Waals surface area contributed by atoms with E-state index in [9.17, 15) is 4.79 Å². The summed E-state index contributed by atoms with van der Waals surface area (Å²) in [5.41, 5.74) is 3.25. The van der Waals surface area contributed by atoms with Crippen LogP contribution in [0.25, 0.3) is 17.0 Å². The third kappa shape index (κ3) is 4.92.